The second kappa shape index (κ2) is 7.53. The molecule has 2 rings (SSSR count). The fraction of sp³-hybridized carbons (Fsp3) is 0.471. The number of anilines is 1. The molecule has 0 unspecified atom stereocenters. The van der Waals surface area contributed by atoms with Crippen LogP contribution in [0.3, 0.4) is 0 Å². The summed E-state index contributed by atoms with van der Waals surface area (Å²) in [6, 6.07) is 8.13. The fourth-order valence-corrected chi connectivity index (χ4v) is 3.81. The van der Waals surface area contributed by atoms with E-state index in [9.17, 15) is 4.79 Å². The fourth-order valence-electron chi connectivity index (χ4n) is 2.48. The van der Waals surface area contributed by atoms with E-state index in [-0.39, 0.29) is 5.91 Å². The molecule has 20 heavy (non-hydrogen) atoms. The Morgan fingerprint density at radius 1 is 1.35 bits per heavy atom. The first-order valence-corrected chi connectivity index (χ1v) is 8.32. The molecule has 1 amide bonds. The highest BCUT2D eigenvalue weighted by molar-refractivity contribution is 8.00. The number of amides is 1. The van der Waals surface area contributed by atoms with E-state index >= 15 is 0 Å². The van der Waals surface area contributed by atoms with Crippen LogP contribution >= 0.6 is 11.8 Å². The minimum absolute atomic E-state index is 0.00585. The van der Waals surface area contributed by atoms with Crippen LogP contribution in [0.15, 0.2) is 40.8 Å². The second-order valence-corrected chi connectivity index (χ2v) is 6.61. The third kappa shape index (κ3) is 4.14. The summed E-state index contributed by atoms with van der Waals surface area (Å²) in [6.07, 6.45) is 8.11. The van der Waals surface area contributed by atoms with Crippen LogP contribution in [0.2, 0.25) is 0 Å². The molecule has 3 heteroatoms. The quantitative estimate of drug-likeness (QED) is 0.771. The molecule has 1 fully saturated rings. The number of allylic oxidation sites excluding steroid dienone is 1. The molecular weight excluding hydrogens is 266 g/mol. The Morgan fingerprint density at radius 3 is 2.75 bits per heavy atom. The second-order valence-electron chi connectivity index (χ2n) is 5.27. The summed E-state index contributed by atoms with van der Waals surface area (Å²) in [5, 5.41) is 3.75. The SMILES string of the molecule is CC/C=C(/C)C(=O)Nc1ccccc1SC1CCCC1. The number of carbonyl (C=O) groups is 1. The molecule has 0 aromatic heterocycles. The summed E-state index contributed by atoms with van der Waals surface area (Å²) in [4.78, 5) is 13.3. The van der Waals surface area contributed by atoms with E-state index in [0.29, 0.717) is 5.25 Å². The molecule has 1 aromatic rings. The summed E-state index contributed by atoms with van der Waals surface area (Å²) < 4.78 is 0. The highest BCUT2D eigenvalue weighted by Gasteiger charge is 2.18. The molecule has 2 nitrogen and oxygen atoms in total. The van der Waals surface area contributed by atoms with Gasteiger partial charge in [0.2, 0.25) is 0 Å². The zero-order valence-electron chi connectivity index (χ0n) is 12.3. The van der Waals surface area contributed by atoms with Crippen molar-refractivity contribution in [3.8, 4) is 0 Å². The summed E-state index contributed by atoms with van der Waals surface area (Å²) in [5.74, 6) is 0.00585. The van der Waals surface area contributed by atoms with Gasteiger partial charge in [-0.15, -0.1) is 11.8 Å². The van der Waals surface area contributed by atoms with E-state index in [0.717, 1.165) is 17.7 Å². The van der Waals surface area contributed by atoms with Crippen molar-refractivity contribution in [3.63, 3.8) is 0 Å². The Balaban J connectivity index is 2.07. The van der Waals surface area contributed by atoms with E-state index in [4.69, 9.17) is 0 Å². The molecule has 0 spiro atoms. The lowest BCUT2D eigenvalue weighted by Gasteiger charge is -2.14. The molecule has 1 N–H and O–H groups in total. The Kier molecular flexibility index (Phi) is 5.72. The lowest BCUT2D eigenvalue weighted by molar-refractivity contribution is -0.112. The number of para-hydroxylation sites is 1. The van der Waals surface area contributed by atoms with Crippen molar-refractivity contribution in [1.29, 1.82) is 0 Å². The van der Waals surface area contributed by atoms with E-state index in [2.05, 4.69) is 11.4 Å². The van der Waals surface area contributed by atoms with Gasteiger partial charge in [-0.1, -0.05) is 38.0 Å². The Morgan fingerprint density at radius 2 is 2.05 bits per heavy atom. The molecule has 0 bridgehead atoms. The number of carbonyl (C=O) groups excluding carboxylic acids is 1. The third-order valence-electron chi connectivity index (χ3n) is 3.60. The number of hydrogen-bond donors (Lipinski definition) is 1. The highest BCUT2D eigenvalue weighted by Crippen LogP contribution is 2.38. The van der Waals surface area contributed by atoms with Crippen LogP contribution in [-0.4, -0.2) is 11.2 Å². The van der Waals surface area contributed by atoms with Gasteiger partial charge in [-0.2, -0.15) is 0 Å². The van der Waals surface area contributed by atoms with E-state index in [1.54, 1.807) is 0 Å². The lowest BCUT2D eigenvalue weighted by atomic mass is 10.2. The summed E-state index contributed by atoms with van der Waals surface area (Å²) in [6.45, 7) is 3.91. The number of nitrogens with one attached hydrogen (secondary N) is 1. The molecule has 1 aromatic carbocycles. The topological polar surface area (TPSA) is 29.1 Å². The minimum atomic E-state index is 0.00585. The van der Waals surface area contributed by atoms with Gasteiger partial charge in [-0.3, -0.25) is 4.79 Å². The maximum Gasteiger partial charge on any atom is 0.251 e. The molecular formula is C17H23NOS. The van der Waals surface area contributed by atoms with Gasteiger partial charge in [0.1, 0.15) is 0 Å². The molecule has 0 radical (unpaired) electrons. The van der Waals surface area contributed by atoms with Crippen molar-refractivity contribution >= 4 is 23.4 Å². The molecule has 1 aliphatic carbocycles. The summed E-state index contributed by atoms with van der Waals surface area (Å²) >= 11 is 1.91. The number of benzene rings is 1. The maximum absolute atomic E-state index is 12.1. The van der Waals surface area contributed by atoms with E-state index in [1.807, 2.05) is 49.9 Å². The Bertz CT molecular complexity index is 490. The highest BCUT2D eigenvalue weighted by atomic mass is 32.2. The van der Waals surface area contributed by atoms with Crippen LogP contribution in [0, 0.1) is 0 Å². The van der Waals surface area contributed by atoms with Gasteiger partial charge < -0.3 is 5.32 Å². The van der Waals surface area contributed by atoms with Gasteiger partial charge in [-0.05, 0) is 38.3 Å². The predicted octanol–water partition coefficient (Wildman–Crippen LogP) is 5.02. The maximum atomic E-state index is 12.1. The van der Waals surface area contributed by atoms with Crippen LogP contribution < -0.4 is 5.32 Å². The van der Waals surface area contributed by atoms with Gasteiger partial charge in [0.05, 0.1) is 5.69 Å². The van der Waals surface area contributed by atoms with Gasteiger partial charge in [-0.25, -0.2) is 0 Å². The van der Waals surface area contributed by atoms with Crippen molar-refractivity contribution in [3.05, 3.63) is 35.9 Å². The number of hydrogen-bond acceptors (Lipinski definition) is 2. The minimum Gasteiger partial charge on any atom is -0.321 e. The summed E-state index contributed by atoms with van der Waals surface area (Å²) in [7, 11) is 0. The van der Waals surface area contributed by atoms with Crippen LogP contribution in [0.4, 0.5) is 5.69 Å². The normalized spacial score (nSPS) is 16.4. The average Bonchev–Trinajstić information content (AvgIpc) is 2.94. The molecule has 1 aliphatic rings. The molecule has 1 saturated carbocycles. The smallest absolute Gasteiger partial charge is 0.251 e. The zero-order chi connectivity index (χ0) is 14.4. The Hall–Kier alpha value is -1.22. The van der Waals surface area contributed by atoms with Crippen LogP contribution in [0.5, 0.6) is 0 Å². The first-order valence-electron chi connectivity index (χ1n) is 7.44. The standard InChI is InChI=1S/C17H23NOS/c1-3-8-13(2)17(19)18-15-11-6-7-12-16(15)20-14-9-4-5-10-14/h6-8,11-12,14H,3-5,9-10H2,1-2H3,(H,18,19)/b13-8-. The lowest BCUT2D eigenvalue weighted by Crippen LogP contribution is -2.13. The van der Waals surface area contributed by atoms with Crippen molar-refractivity contribution in [1.82, 2.24) is 0 Å². The summed E-state index contributed by atoms with van der Waals surface area (Å²) in [5.41, 5.74) is 1.73. The van der Waals surface area contributed by atoms with Gasteiger partial charge >= 0.3 is 0 Å². The molecule has 0 atom stereocenters. The molecule has 0 saturated heterocycles. The van der Waals surface area contributed by atoms with Gasteiger partial charge in [0.15, 0.2) is 0 Å². The average molecular weight is 289 g/mol. The van der Waals surface area contributed by atoms with Crippen LogP contribution in [0.1, 0.15) is 46.0 Å². The number of rotatable bonds is 5. The largest absolute Gasteiger partial charge is 0.321 e. The third-order valence-corrected chi connectivity index (χ3v) is 5.01. The van der Waals surface area contributed by atoms with E-state index in [1.165, 1.54) is 30.6 Å². The Labute approximate surface area is 126 Å². The molecule has 0 heterocycles. The number of thioether (sulfide) groups is 1. The van der Waals surface area contributed by atoms with Crippen LogP contribution in [-0.2, 0) is 4.79 Å². The van der Waals surface area contributed by atoms with Gasteiger partial charge in [0, 0.05) is 15.7 Å². The van der Waals surface area contributed by atoms with Crippen molar-refractivity contribution in [2.45, 2.75) is 56.1 Å². The van der Waals surface area contributed by atoms with Crippen molar-refractivity contribution in [2.24, 2.45) is 0 Å². The van der Waals surface area contributed by atoms with E-state index < -0.39 is 0 Å². The molecule has 0 aliphatic heterocycles. The van der Waals surface area contributed by atoms with Crippen molar-refractivity contribution in [2.75, 3.05) is 5.32 Å². The predicted molar refractivity (Wildman–Crippen MR) is 87.2 cm³/mol. The first-order chi connectivity index (χ1) is 9.70. The monoisotopic (exact) mass is 289 g/mol. The zero-order valence-corrected chi connectivity index (χ0v) is 13.1. The first kappa shape index (κ1) is 15.2. The van der Waals surface area contributed by atoms with Crippen molar-refractivity contribution < 1.29 is 4.79 Å². The molecule has 108 valence electrons. The van der Waals surface area contributed by atoms with Crippen LogP contribution in [0.25, 0.3) is 0 Å². The van der Waals surface area contributed by atoms with Gasteiger partial charge in [0.25, 0.3) is 5.91 Å².